The summed E-state index contributed by atoms with van der Waals surface area (Å²) in [5.41, 5.74) is 0.757. The number of nitrogens with one attached hydrogen (secondary N) is 2. The van der Waals surface area contributed by atoms with Gasteiger partial charge in [0.25, 0.3) is 0 Å². The predicted octanol–water partition coefficient (Wildman–Crippen LogP) is 1.21. The minimum absolute atomic E-state index is 0.205. The zero-order valence-corrected chi connectivity index (χ0v) is 17.3. The normalized spacial score (nSPS) is 21.5. The van der Waals surface area contributed by atoms with Crippen LogP contribution in [0.1, 0.15) is 19.8 Å². The Morgan fingerprint density at radius 2 is 2.03 bits per heavy atom. The van der Waals surface area contributed by atoms with Gasteiger partial charge in [-0.2, -0.15) is 0 Å². The van der Waals surface area contributed by atoms with Crippen molar-refractivity contribution in [3.05, 3.63) is 24.0 Å². The maximum absolute atomic E-state index is 14.9. The SMILES string of the molecule is CC(=O)NCC1CN(c2ccc(N3CCON(C(=O)NC4CC4)CC3)c(F)c2)C(=O)O1. The van der Waals surface area contributed by atoms with Crippen LogP contribution in [-0.4, -0.2) is 74.6 Å². The lowest BCUT2D eigenvalue weighted by atomic mass is 10.2. The van der Waals surface area contributed by atoms with Crippen LogP contribution in [0.3, 0.4) is 0 Å². The van der Waals surface area contributed by atoms with Crippen molar-refractivity contribution in [1.82, 2.24) is 15.7 Å². The van der Waals surface area contributed by atoms with E-state index in [0.29, 0.717) is 31.0 Å². The summed E-state index contributed by atoms with van der Waals surface area (Å²) in [7, 11) is 0. The highest BCUT2D eigenvalue weighted by atomic mass is 19.1. The first kappa shape index (κ1) is 21.2. The molecule has 1 aliphatic carbocycles. The molecule has 11 heteroatoms. The standard InChI is InChI=1S/C20H26FN5O5/c1-13(27)22-11-16-12-25(20(29)31-16)15-4-5-18(17(21)10-15)24-6-7-26(30-9-8-24)19(28)23-14-2-3-14/h4-5,10,14,16H,2-3,6-9,11-12H2,1H3,(H,22,27)(H,23,28). The highest BCUT2D eigenvalue weighted by Crippen LogP contribution is 2.28. The van der Waals surface area contributed by atoms with Crippen LogP contribution < -0.4 is 20.4 Å². The number of carbonyl (C=O) groups is 3. The molecule has 3 fully saturated rings. The van der Waals surface area contributed by atoms with Gasteiger partial charge in [-0.15, -0.1) is 0 Å². The molecule has 1 atom stereocenters. The highest BCUT2D eigenvalue weighted by molar-refractivity contribution is 5.90. The summed E-state index contributed by atoms with van der Waals surface area (Å²) in [6, 6.07) is 4.53. The maximum atomic E-state index is 14.9. The second-order valence-electron chi connectivity index (χ2n) is 7.84. The van der Waals surface area contributed by atoms with Gasteiger partial charge in [0.2, 0.25) is 5.91 Å². The number of urea groups is 1. The summed E-state index contributed by atoms with van der Waals surface area (Å²) in [5, 5.41) is 6.77. The lowest BCUT2D eigenvalue weighted by molar-refractivity contribution is -0.119. The van der Waals surface area contributed by atoms with Crippen molar-refractivity contribution in [2.24, 2.45) is 0 Å². The van der Waals surface area contributed by atoms with Crippen LogP contribution in [0.2, 0.25) is 0 Å². The molecule has 0 radical (unpaired) electrons. The van der Waals surface area contributed by atoms with Gasteiger partial charge in [-0.3, -0.25) is 14.5 Å². The lowest BCUT2D eigenvalue weighted by Crippen LogP contribution is -2.42. The van der Waals surface area contributed by atoms with Crippen molar-refractivity contribution >= 4 is 29.4 Å². The molecule has 0 spiro atoms. The molecule has 1 unspecified atom stereocenters. The minimum Gasteiger partial charge on any atom is -0.442 e. The topological polar surface area (TPSA) is 103 Å². The van der Waals surface area contributed by atoms with E-state index in [0.717, 1.165) is 12.8 Å². The fourth-order valence-corrected chi connectivity index (χ4v) is 3.54. The third kappa shape index (κ3) is 5.16. The number of rotatable bonds is 5. The highest BCUT2D eigenvalue weighted by Gasteiger charge is 2.33. The van der Waals surface area contributed by atoms with Crippen molar-refractivity contribution in [2.75, 3.05) is 49.1 Å². The molecule has 4 amide bonds. The number of benzene rings is 1. The lowest BCUT2D eigenvalue weighted by Gasteiger charge is -2.24. The van der Waals surface area contributed by atoms with Crippen molar-refractivity contribution in [1.29, 1.82) is 0 Å². The number of cyclic esters (lactones) is 1. The van der Waals surface area contributed by atoms with Crippen molar-refractivity contribution in [3.63, 3.8) is 0 Å². The Hall–Kier alpha value is -3.08. The van der Waals surface area contributed by atoms with Gasteiger partial charge in [-0.1, -0.05) is 0 Å². The van der Waals surface area contributed by atoms with E-state index in [1.165, 1.54) is 23.0 Å². The van der Waals surface area contributed by atoms with Crippen molar-refractivity contribution in [3.8, 4) is 0 Å². The first-order chi connectivity index (χ1) is 14.9. The Labute approximate surface area is 179 Å². The largest absolute Gasteiger partial charge is 0.442 e. The monoisotopic (exact) mass is 435 g/mol. The fraction of sp³-hybridized carbons (Fsp3) is 0.550. The summed E-state index contributed by atoms with van der Waals surface area (Å²) < 4.78 is 20.2. The van der Waals surface area contributed by atoms with Gasteiger partial charge in [0.05, 0.1) is 37.6 Å². The maximum Gasteiger partial charge on any atom is 0.414 e. The van der Waals surface area contributed by atoms with E-state index in [1.54, 1.807) is 12.1 Å². The number of halogens is 1. The number of nitrogens with zero attached hydrogens (tertiary/aromatic N) is 3. The second-order valence-corrected chi connectivity index (χ2v) is 7.84. The summed E-state index contributed by atoms with van der Waals surface area (Å²) in [6.45, 7) is 3.21. The quantitative estimate of drug-likeness (QED) is 0.721. The second kappa shape index (κ2) is 8.96. The van der Waals surface area contributed by atoms with E-state index in [9.17, 15) is 18.8 Å². The third-order valence-corrected chi connectivity index (χ3v) is 5.35. The average molecular weight is 435 g/mol. The van der Waals surface area contributed by atoms with Crippen molar-refractivity contribution in [2.45, 2.75) is 31.9 Å². The number of amides is 4. The first-order valence-electron chi connectivity index (χ1n) is 10.4. The van der Waals surface area contributed by atoms with E-state index in [2.05, 4.69) is 10.6 Å². The molecule has 1 saturated carbocycles. The van der Waals surface area contributed by atoms with E-state index >= 15 is 0 Å². The van der Waals surface area contributed by atoms with Crippen LogP contribution in [0.4, 0.5) is 25.4 Å². The van der Waals surface area contributed by atoms with Gasteiger partial charge in [0.15, 0.2) is 0 Å². The molecule has 31 heavy (non-hydrogen) atoms. The summed E-state index contributed by atoms with van der Waals surface area (Å²) >= 11 is 0. The van der Waals surface area contributed by atoms with Crippen LogP contribution in [0.15, 0.2) is 18.2 Å². The first-order valence-corrected chi connectivity index (χ1v) is 10.4. The Balaban J connectivity index is 1.37. The van der Waals surface area contributed by atoms with Gasteiger partial charge in [0.1, 0.15) is 11.9 Å². The Morgan fingerprint density at radius 3 is 2.74 bits per heavy atom. The number of anilines is 2. The molecule has 10 nitrogen and oxygen atoms in total. The molecular formula is C20H26FN5O5. The van der Waals surface area contributed by atoms with Gasteiger partial charge in [-0.25, -0.2) is 19.0 Å². The van der Waals surface area contributed by atoms with E-state index < -0.39 is 18.0 Å². The summed E-state index contributed by atoms with van der Waals surface area (Å²) in [4.78, 5) is 44.0. The van der Waals surface area contributed by atoms with Crippen LogP contribution >= 0.6 is 0 Å². The van der Waals surface area contributed by atoms with Crippen LogP contribution in [0.5, 0.6) is 0 Å². The molecule has 1 aromatic carbocycles. The zero-order chi connectivity index (χ0) is 22.0. The average Bonchev–Trinajstić information content (AvgIpc) is 3.50. The number of ether oxygens (including phenoxy) is 1. The molecule has 3 aliphatic rings. The molecule has 168 valence electrons. The Kier molecular flexibility index (Phi) is 6.12. The van der Waals surface area contributed by atoms with Crippen LogP contribution in [-0.2, 0) is 14.4 Å². The summed E-state index contributed by atoms with van der Waals surface area (Å²) in [6.07, 6.45) is 0.904. The predicted molar refractivity (Wildman–Crippen MR) is 109 cm³/mol. The van der Waals surface area contributed by atoms with Gasteiger partial charge in [0, 0.05) is 26.1 Å². The molecule has 0 bridgehead atoms. The molecule has 0 aromatic heterocycles. The van der Waals surface area contributed by atoms with Gasteiger partial charge >= 0.3 is 12.1 Å². The van der Waals surface area contributed by atoms with E-state index in [1.807, 2.05) is 4.90 Å². The smallest absolute Gasteiger partial charge is 0.414 e. The molecule has 2 N–H and O–H groups in total. The molecule has 2 aliphatic heterocycles. The zero-order valence-electron chi connectivity index (χ0n) is 17.3. The van der Waals surface area contributed by atoms with Crippen LogP contribution in [0, 0.1) is 5.82 Å². The third-order valence-electron chi connectivity index (χ3n) is 5.35. The number of carbonyl (C=O) groups excluding carboxylic acids is 3. The fourth-order valence-electron chi connectivity index (χ4n) is 3.54. The van der Waals surface area contributed by atoms with Gasteiger partial charge in [-0.05, 0) is 31.0 Å². The number of hydrogen-bond acceptors (Lipinski definition) is 6. The molecule has 4 rings (SSSR count). The van der Waals surface area contributed by atoms with E-state index in [4.69, 9.17) is 9.57 Å². The Morgan fingerprint density at radius 1 is 1.23 bits per heavy atom. The van der Waals surface area contributed by atoms with E-state index in [-0.39, 0.29) is 37.7 Å². The van der Waals surface area contributed by atoms with Gasteiger partial charge < -0.3 is 20.3 Å². The minimum atomic E-state index is -0.581. The van der Waals surface area contributed by atoms with Crippen molar-refractivity contribution < 1.29 is 28.3 Å². The number of hydroxylamine groups is 2. The molecule has 1 aromatic rings. The summed E-state index contributed by atoms with van der Waals surface area (Å²) in [5.74, 6) is -0.693. The molecule has 2 heterocycles. The molecular weight excluding hydrogens is 409 g/mol. The number of hydrogen-bond donors (Lipinski definition) is 2. The Bertz CT molecular complexity index is 864. The molecule has 2 saturated heterocycles. The van der Waals surface area contributed by atoms with Crippen LogP contribution in [0.25, 0.3) is 0 Å².